The Bertz CT molecular complexity index is 310. The fraction of sp³-hybridized carbons (Fsp3) is 0.727. The van der Waals surface area contributed by atoms with Crippen LogP contribution in [0.1, 0.15) is 43.0 Å². The van der Waals surface area contributed by atoms with Crippen LogP contribution in [-0.2, 0) is 7.05 Å². The second-order valence-electron chi connectivity index (χ2n) is 4.38. The Balaban J connectivity index is 2.17. The second-order valence-corrected chi connectivity index (χ2v) is 4.38. The summed E-state index contributed by atoms with van der Waals surface area (Å²) in [4.78, 5) is 0. The number of nitrogens with zero attached hydrogens (tertiary/aromatic N) is 2. The highest BCUT2D eigenvalue weighted by molar-refractivity contribution is 5.21. The van der Waals surface area contributed by atoms with E-state index < -0.39 is 0 Å². The van der Waals surface area contributed by atoms with E-state index in [0.29, 0.717) is 5.92 Å². The summed E-state index contributed by atoms with van der Waals surface area (Å²) in [5.74, 6) is 0.679. The molecule has 0 spiro atoms. The lowest BCUT2D eigenvalue weighted by Gasteiger charge is -2.18. The van der Waals surface area contributed by atoms with Gasteiger partial charge in [0.1, 0.15) is 0 Å². The molecule has 0 radical (unpaired) electrons. The highest BCUT2D eigenvalue weighted by atomic mass is 15.3. The number of aryl methyl sites for hydroxylation is 1. The Morgan fingerprint density at radius 1 is 1.50 bits per heavy atom. The molecule has 14 heavy (non-hydrogen) atoms. The van der Waals surface area contributed by atoms with Gasteiger partial charge in [0.15, 0.2) is 0 Å². The number of hydrogen-bond donors (Lipinski definition) is 1. The molecule has 0 aliphatic heterocycles. The molecule has 0 bridgehead atoms. The summed E-state index contributed by atoms with van der Waals surface area (Å²) in [5.41, 5.74) is 8.71. The molecule has 1 heterocycles. The smallest absolute Gasteiger partial charge is 0.0540 e. The minimum absolute atomic E-state index is 0.200. The summed E-state index contributed by atoms with van der Waals surface area (Å²) in [6.45, 7) is 2.09. The van der Waals surface area contributed by atoms with Gasteiger partial charge in [0.05, 0.1) is 6.20 Å². The molecular formula is C11H19N3. The quantitative estimate of drug-likeness (QED) is 0.779. The average molecular weight is 193 g/mol. The van der Waals surface area contributed by atoms with Crippen molar-refractivity contribution in [2.75, 3.05) is 0 Å². The van der Waals surface area contributed by atoms with Crippen LogP contribution in [0.2, 0.25) is 0 Å². The maximum Gasteiger partial charge on any atom is 0.0540 e. The Kier molecular flexibility index (Phi) is 2.59. The van der Waals surface area contributed by atoms with Crippen LogP contribution in [0.25, 0.3) is 0 Å². The largest absolute Gasteiger partial charge is 0.324 e. The summed E-state index contributed by atoms with van der Waals surface area (Å²) in [5, 5.41) is 4.25. The van der Waals surface area contributed by atoms with Crippen molar-refractivity contribution in [3.05, 3.63) is 17.5 Å². The predicted molar refractivity (Wildman–Crippen MR) is 56.8 cm³/mol. The van der Waals surface area contributed by atoms with Gasteiger partial charge in [0, 0.05) is 24.3 Å². The third-order valence-electron chi connectivity index (χ3n) is 3.54. The van der Waals surface area contributed by atoms with E-state index in [1.165, 1.54) is 36.9 Å². The number of aromatic nitrogens is 2. The Morgan fingerprint density at radius 3 is 2.64 bits per heavy atom. The summed E-state index contributed by atoms with van der Waals surface area (Å²) in [6.07, 6.45) is 7.19. The van der Waals surface area contributed by atoms with Crippen LogP contribution in [-0.4, -0.2) is 9.78 Å². The molecule has 3 heteroatoms. The zero-order valence-corrected chi connectivity index (χ0v) is 9.03. The third-order valence-corrected chi connectivity index (χ3v) is 3.54. The van der Waals surface area contributed by atoms with Crippen molar-refractivity contribution < 1.29 is 0 Å². The van der Waals surface area contributed by atoms with Crippen molar-refractivity contribution in [1.82, 2.24) is 9.78 Å². The van der Waals surface area contributed by atoms with Crippen LogP contribution < -0.4 is 5.73 Å². The van der Waals surface area contributed by atoms with Gasteiger partial charge in [-0.1, -0.05) is 12.8 Å². The summed E-state index contributed by atoms with van der Waals surface area (Å²) in [7, 11) is 1.97. The molecular weight excluding hydrogens is 174 g/mol. The molecule has 2 rings (SSSR count). The Hall–Kier alpha value is -0.830. The lowest BCUT2D eigenvalue weighted by molar-refractivity contribution is 0.443. The van der Waals surface area contributed by atoms with Gasteiger partial charge in [-0.15, -0.1) is 0 Å². The first-order valence-corrected chi connectivity index (χ1v) is 5.44. The Morgan fingerprint density at radius 2 is 2.14 bits per heavy atom. The van der Waals surface area contributed by atoms with Crippen molar-refractivity contribution in [3.8, 4) is 0 Å². The topological polar surface area (TPSA) is 43.8 Å². The van der Waals surface area contributed by atoms with Gasteiger partial charge in [-0.2, -0.15) is 5.10 Å². The van der Waals surface area contributed by atoms with Crippen molar-refractivity contribution >= 4 is 0 Å². The van der Waals surface area contributed by atoms with E-state index >= 15 is 0 Å². The zero-order chi connectivity index (χ0) is 10.1. The highest BCUT2D eigenvalue weighted by Crippen LogP contribution is 2.34. The van der Waals surface area contributed by atoms with E-state index in [-0.39, 0.29) is 6.04 Å². The molecule has 3 nitrogen and oxygen atoms in total. The van der Waals surface area contributed by atoms with Crippen LogP contribution in [0, 0.1) is 12.8 Å². The highest BCUT2D eigenvalue weighted by Gasteiger charge is 2.25. The molecule has 0 saturated heterocycles. The standard InChI is InChI=1S/C11H19N3/c1-8-10(7-13-14(8)2)11(12)9-5-3-4-6-9/h7,9,11H,3-6,12H2,1-2H3. The minimum Gasteiger partial charge on any atom is -0.324 e. The Labute approximate surface area is 85.3 Å². The second kappa shape index (κ2) is 3.73. The van der Waals surface area contributed by atoms with E-state index in [2.05, 4.69) is 12.0 Å². The summed E-state index contributed by atoms with van der Waals surface area (Å²) in [6, 6.07) is 0.200. The number of hydrogen-bond acceptors (Lipinski definition) is 2. The van der Waals surface area contributed by atoms with Crippen LogP contribution in [0.5, 0.6) is 0 Å². The van der Waals surface area contributed by atoms with Gasteiger partial charge in [-0.05, 0) is 25.7 Å². The first-order valence-electron chi connectivity index (χ1n) is 5.44. The minimum atomic E-state index is 0.200. The van der Waals surface area contributed by atoms with Crippen LogP contribution in [0.4, 0.5) is 0 Å². The molecule has 0 aromatic carbocycles. The van der Waals surface area contributed by atoms with Gasteiger partial charge in [0.25, 0.3) is 0 Å². The first-order chi connectivity index (χ1) is 6.70. The fourth-order valence-corrected chi connectivity index (χ4v) is 2.41. The van der Waals surface area contributed by atoms with E-state index in [0.717, 1.165) is 0 Å². The molecule has 1 aromatic rings. The molecule has 0 amide bonds. The predicted octanol–water partition coefficient (Wildman–Crippen LogP) is 1.92. The van der Waals surface area contributed by atoms with Crippen molar-refractivity contribution in [2.24, 2.45) is 18.7 Å². The maximum absolute atomic E-state index is 6.26. The summed E-state index contributed by atoms with van der Waals surface area (Å²) >= 11 is 0. The van der Waals surface area contributed by atoms with Gasteiger partial charge in [0.2, 0.25) is 0 Å². The SMILES string of the molecule is Cc1c(C(N)C2CCCC2)cnn1C. The van der Waals surface area contributed by atoms with E-state index in [4.69, 9.17) is 5.73 Å². The van der Waals surface area contributed by atoms with Gasteiger partial charge in [-0.3, -0.25) is 4.68 Å². The lowest BCUT2D eigenvalue weighted by atomic mass is 9.93. The van der Waals surface area contributed by atoms with Gasteiger partial charge < -0.3 is 5.73 Å². The van der Waals surface area contributed by atoms with Crippen LogP contribution in [0.3, 0.4) is 0 Å². The first kappa shape index (κ1) is 9.71. The van der Waals surface area contributed by atoms with Crippen molar-refractivity contribution in [1.29, 1.82) is 0 Å². The molecule has 1 aromatic heterocycles. The van der Waals surface area contributed by atoms with E-state index in [1.54, 1.807) is 0 Å². The van der Waals surface area contributed by atoms with Crippen LogP contribution in [0.15, 0.2) is 6.20 Å². The molecule has 1 unspecified atom stereocenters. The lowest BCUT2D eigenvalue weighted by Crippen LogP contribution is -2.19. The summed E-state index contributed by atoms with van der Waals surface area (Å²) < 4.78 is 1.91. The molecule has 1 fully saturated rings. The normalized spacial score (nSPS) is 20.2. The third kappa shape index (κ3) is 1.57. The van der Waals surface area contributed by atoms with E-state index in [1.807, 2.05) is 17.9 Å². The van der Waals surface area contributed by atoms with Crippen molar-refractivity contribution in [3.63, 3.8) is 0 Å². The van der Waals surface area contributed by atoms with Gasteiger partial charge in [-0.25, -0.2) is 0 Å². The number of nitrogens with two attached hydrogens (primary N) is 1. The maximum atomic E-state index is 6.26. The molecule has 1 aliphatic carbocycles. The average Bonchev–Trinajstić information content (AvgIpc) is 2.77. The molecule has 2 N–H and O–H groups in total. The monoisotopic (exact) mass is 193 g/mol. The fourth-order valence-electron chi connectivity index (χ4n) is 2.41. The van der Waals surface area contributed by atoms with Crippen molar-refractivity contribution in [2.45, 2.75) is 38.6 Å². The molecule has 1 aliphatic rings. The molecule has 1 atom stereocenters. The zero-order valence-electron chi connectivity index (χ0n) is 9.03. The number of rotatable bonds is 2. The van der Waals surface area contributed by atoms with Crippen LogP contribution >= 0.6 is 0 Å². The van der Waals surface area contributed by atoms with E-state index in [9.17, 15) is 0 Å². The molecule has 1 saturated carbocycles. The van der Waals surface area contributed by atoms with Gasteiger partial charge >= 0.3 is 0 Å². The molecule has 78 valence electrons.